The Balaban J connectivity index is 2.22. The van der Waals surface area contributed by atoms with Crippen molar-refractivity contribution in [1.82, 2.24) is 4.57 Å². The number of aromatic nitrogens is 1. The van der Waals surface area contributed by atoms with E-state index in [1.807, 2.05) is 61.0 Å². The second-order valence-corrected chi connectivity index (χ2v) is 4.71. The molecule has 0 atom stereocenters. The Kier molecular flexibility index (Phi) is 4.57. The number of rotatable bonds is 4. The first kappa shape index (κ1) is 14.6. The predicted octanol–water partition coefficient (Wildman–Crippen LogP) is 3.36. The summed E-state index contributed by atoms with van der Waals surface area (Å²) in [7, 11) is 0. The number of hydrogen-bond acceptors (Lipinski definition) is 2. The van der Waals surface area contributed by atoms with Crippen molar-refractivity contribution in [2.45, 2.75) is 20.4 Å². The van der Waals surface area contributed by atoms with E-state index in [-0.39, 0.29) is 5.57 Å². The molecule has 21 heavy (non-hydrogen) atoms. The molecule has 0 aliphatic carbocycles. The highest BCUT2D eigenvalue weighted by Gasteiger charge is 2.10. The van der Waals surface area contributed by atoms with E-state index in [0.29, 0.717) is 5.69 Å². The molecule has 1 N–H and O–H groups in total. The number of anilines is 1. The van der Waals surface area contributed by atoms with Gasteiger partial charge in [0.05, 0.1) is 0 Å². The van der Waals surface area contributed by atoms with E-state index in [2.05, 4.69) is 5.32 Å². The first-order valence-electron chi connectivity index (χ1n) is 6.79. The number of aryl methyl sites for hydroxylation is 2. The molecule has 0 radical (unpaired) electrons. The van der Waals surface area contributed by atoms with Crippen molar-refractivity contribution < 1.29 is 4.79 Å². The molecule has 1 aromatic carbocycles. The van der Waals surface area contributed by atoms with Gasteiger partial charge in [0, 0.05) is 24.1 Å². The van der Waals surface area contributed by atoms with Crippen LogP contribution < -0.4 is 5.32 Å². The van der Waals surface area contributed by atoms with Gasteiger partial charge in [-0.1, -0.05) is 12.1 Å². The van der Waals surface area contributed by atoms with Crippen LogP contribution in [0.1, 0.15) is 18.2 Å². The maximum atomic E-state index is 12.2. The Morgan fingerprint density at radius 1 is 1.38 bits per heavy atom. The van der Waals surface area contributed by atoms with Crippen molar-refractivity contribution >= 4 is 17.7 Å². The molecule has 0 saturated heterocycles. The minimum atomic E-state index is -0.396. The van der Waals surface area contributed by atoms with Gasteiger partial charge in [-0.25, -0.2) is 0 Å². The lowest BCUT2D eigenvalue weighted by Gasteiger charge is -2.06. The molecule has 4 heteroatoms. The fourth-order valence-electron chi connectivity index (χ4n) is 2.06. The molecule has 1 aromatic heterocycles. The summed E-state index contributed by atoms with van der Waals surface area (Å²) in [6.45, 7) is 4.75. The zero-order chi connectivity index (χ0) is 15.2. The Hall–Kier alpha value is -2.80. The van der Waals surface area contributed by atoms with Gasteiger partial charge in [0.2, 0.25) is 0 Å². The molecule has 0 spiro atoms. The van der Waals surface area contributed by atoms with Gasteiger partial charge in [-0.2, -0.15) is 5.26 Å². The van der Waals surface area contributed by atoms with E-state index < -0.39 is 5.91 Å². The van der Waals surface area contributed by atoms with Gasteiger partial charge in [-0.3, -0.25) is 4.79 Å². The molecule has 0 saturated carbocycles. The molecule has 1 amide bonds. The molecular formula is C17H17N3O. The van der Waals surface area contributed by atoms with Crippen LogP contribution in [0.5, 0.6) is 0 Å². The van der Waals surface area contributed by atoms with Crippen molar-refractivity contribution in [3.05, 3.63) is 59.4 Å². The normalized spacial score (nSPS) is 11.0. The largest absolute Gasteiger partial charge is 0.348 e. The summed E-state index contributed by atoms with van der Waals surface area (Å²) in [5.41, 5.74) is 2.67. The number of carbonyl (C=O) groups is 1. The molecular weight excluding hydrogens is 262 g/mol. The van der Waals surface area contributed by atoms with Gasteiger partial charge < -0.3 is 9.88 Å². The highest BCUT2D eigenvalue weighted by atomic mass is 16.1. The molecule has 0 fully saturated rings. The minimum absolute atomic E-state index is 0.0879. The predicted molar refractivity (Wildman–Crippen MR) is 83.5 cm³/mol. The summed E-state index contributed by atoms with van der Waals surface area (Å²) >= 11 is 0. The highest BCUT2D eigenvalue weighted by molar-refractivity contribution is 6.09. The van der Waals surface area contributed by atoms with Crippen LogP contribution in [0.15, 0.2) is 48.2 Å². The highest BCUT2D eigenvalue weighted by Crippen LogP contribution is 2.13. The zero-order valence-corrected chi connectivity index (χ0v) is 12.1. The smallest absolute Gasteiger partial charge is 0.266 e. The van der Waals surface area contributed by atoms with E-state index in [1.165, 1.54) is 0 Å². The third-order valence-corrected chi connectivity index (χ3v) is 3.14. The number of benzene rings is 1. The van der Waals surface area contributed by atoms with E-state index >= 15 is 0 Å². The molecule has 0 aliphatic rings. The van der Waals surface area contributed by atoms with E-state index in [1.54, 1.807) is 12.1 Å². The van der Waals surface area contributed by atoms with Crippen LogP contribution in [-0.4, -0.2) is 10.5 Å². The van der Waals surface area contributed by atoms with Crippen molar-refractivity contribution in [2.75, 3.05) is 5.32 Å². The summed E-state index contributed by atoms with van der Waals surface area (Å²) < 4.78 is 1.97. The Morgan fingerprint density at radius 2 is 2.19 bits per heavy atom. The van der Waals surface area contributed by atoms with Crippen LogP contribution in [-0.2, 0) is 11.3 Å². The number of nitriles is 1. The average molecular weight is 279 g/mol. The Morgan fingerprint density at radius 3 is 2.86 bits per heavy atom. The standard InChI is InChI=1S/C17H17N3O/c1-3-20-9-5-8-16(20)11-14(12-18)17(21)19-15-7-4-6-13(2)10-15/h4-11H,3H2,1-2H3,(H,19,21)/b14-11-. The van der Waals surface area contributed by atoms with Crippen LogP contribution in [0.3, 0.4) is 0 Å². The average Bonchev–Trinajstić information content (AvgIpc) is 2.91. The number of nitrogens with zero attached hydrogens (tertiary/aromatic N) is 2. The van der Waals surface area contributed by atoms with E-state index in [0.717, 1.165) is 17.8 Å². The van der Waals surface area contributed by atoms with Crippen LogP contribution in [0.2, 0.25) is 0 Å². The van der Waals surface area contributed by atoms with Gasteiger partial charge in [0.1, 0.15) is 11.6 Å². The second-order valence-electron chi connectivity index (χ2n) is 4.71. The maximum absolute atomic E-state index is 12.2. The molecule has 2 aromatic rings. The number of amides is 1. The second kappa shape index (κ2) is 6.58. The third-order valence-electron chi connectivity index (χ3n) is 3.14. The van der Waals surface area contributed by atoms with Gasteiger partial charge >= 0.3 is 0 Å². The van der Waals surface area contributed by atoms with Crippen LogP contribution >= 0.6 is 0 Å². The number of hydrogen-bond donors (Lipinski definition) is 1. The van der Waals surface area contributed by atoms with Crippen LogP contribution in [0, 0.1) is 18.3 Å². The summed E-state index contributed by atoms with van der Waals surface area (Å²) in [5.74, 6) is -0.396. The van der Waals surface area contributed by atoms with Crippen LogP contribution in [0.4, 0.5) is 5.69 Å². The van der Waals surface area contributed by atoms with Crippen LogP contribution in [0.25, 0.3) is 6.08 Å². The van der Waals surface area contributed by atoms with Crippen molar-refractivity contribution in [2.24, 2.45) is 0 Å². The summed E-state index contributed by atoms with van der Waals surface area (Å²) in [6.07, 6.45) is 3.52. The Labute approximate surface area is 124 Å². The van der Waals surface area contributed by atoms with Crippen molar-refractivity contribution in [3.8, 4) is 6.07 Å². The molecule has 1 heterocycles. The lowest BCUT2D eigenvalue weighted by atomic mass is 10.2. The van der Waals surface area contributed by atoms with E-state index in [4.69, 9.17) is 0 Å². The van der Waals surface area contributed by atoms with E-state index in [9.17, 15) is 10.1 Å². The summed E-state index contributed by atoms with van der Waals surface area (Å²) in [5, 5.41) is 11.9. The first-order valence-corrected chi connectivity index (χ1v) is 6.79. The topological polar surface area (TPSA) is 57.8 Å². The quantitative estimate of drug-likeness (QED) is 0.689. The summed E-state index contributed by atoms with van der Waals surface area (Å²) in [4.78, 5) is 12.2. The fraction of sp³-hybridized carbons (Fsp3) is 0.176. The molecule has 0 bridgehead atoms. The summed E-state index contributed by atoms with van der Waals surface area (Å²) in [6, 6.07) is 13.2. The Bertz CT molecular complexity index is 720. The molecule has 0 unspecified atom stereocenters. The fourth-order valence-corrected chi connectivity index (χ4v) is 2.06. The van der Waals surface area contributed by atoms with Gasteiger partial charge in [-0.05, 0) is 49.8 Å². The first-order chi connectivity index (χ1) is 10.1. The minimum Gasteiger partial charge on any atom is -0.348 e. The van der Waals surface area contributed by atoms with Crippen molar-refractivity contribution in [1.29, 1.82) is 5.26 Å². The van der Waals surface area contributed by atoms with Crippen molar-refractivity contribution in [3.63, 3.8) is 0 Å². The molecule has 0 aliphatic heterocycles. The number of nitrogens with one attached hydrogen (secondary N) is 1. The SMILES string of the molecule is CCn1cccc1/C=C(/C#N)C(=O)Nc1cccc(C)c1. The molecule has 4 nitrogen and oxygen atoms in total. The third kappa shape index (κ3) is 3.61. The lowest BCUT2D eigenvalue weighted by Crippen LogP contribution is -2.13. The van der Waals surface area contributed by atoms with Gasteiger partial charge in [0.15, 0.2) is 0 Å². The molecule has 106 valence electrons. The van der Waals surface area contributed by atoms with Gasteiger partial charge in [-0.15, -0.1) is 0 Å². The zero-order valence-electron chi connectivity index (χ0n) is 12.1. The van der Waals surface area contributed by atoms with Gasteiger partial charge in [0.25, 0.3) is 5.91 Å². The monoisotopic (exact) mass is 279 g/mol. The lowest BCUT2D eigenvalue weighted by molar-refractivity contribution is -0.112. The number of carbonyl (C=O) groups excluding carboxylic acids is 1. The maximum Gasteiger partial charge on any atom is 0.266 e. The molecule has 2 rings (SSSR count).